The van der Waals surface area contributed by atoms with Crippen LogP contribution in [0, 0.1) is 13.8 Å². The van der Waals surface area contributed by atoms with E-state index < -0.39 is 0 Å². The summed E-state index contributed by atoms with van der Waals surface area (Å²) < 4.78 is 0. The van der Waals surface area contributed by atoms with Crippen molar-refractivity contribution in [1.29, 1.82) is 0 Å². The molecule has 0 radical (unpaired) electrons. The topological polar surface area (TPSA) is 37.8 Å². The molecule has 2 aromatic rings. The maximum absolute atomic E-state index is 6.04. The molecule has 0 aliphatic carbocycles. The Balaban J connectivity index is 2.24. The zero-order valence-corrected chi connectivity index (χ0v) is 9.92. The summed E-state index contributed by atoms with van der Waals surface area (Å²) in [5.41, 5.74) is 2.91. The van der Waals surface area contributed by atoms with Crippen LogP contribution in [0.1, 0.15) is 11.3 Å². The molecule has 0 fully saturated rings. The molecular weight excluding hydrogens is 222 g/mol. The Morgan fingerprint density at radius 1 is 1.12 bits per heavy atom. The van der Waals surface area contributed by atoms with Crippen LogP contribution >= 0.6 is 11.6 Å². The van der Waals surface area contributed by atoms with E-state index >= 15 is 0 Å². The predicted octanol–water partition coefficient (Wildman–Crippen LogP) is 3.49. The molecule has 82 valence electrons. The fraction of sp³-hybridized carbons (Fsp3) is 0.167. The minimum atomic E-state index is 0.746. The van der Waals surface area contributed by atoms with E-state index in [-0.39, 0.29) is 0 Å². The third-order valence-electron chi connectivity index (χ3n) is 2.25. The Bertz CT molecular complexity index is 511. The van der Waals surface area contributed by atoms with Crippen LogP contribution in [-0.2, 0) is 0 Å². The van der Waals surface area contributed by atoms with Gasteiger partial charge in [0.05, 0.1) is 0 Å². The number of benzene rings is 1. The van der Waals surface area contributed by atoms with Crippen molar-refractivity contribution in [3.05, 3.63) is 46.9 Å². The van der Waals surface area contributed by atoms with Crippen LogP contribution in [0.2, 0.25) is 5.02 Å². The highest BCUT2D eigenvalue weighted by Gasteiger charge is 1.99. The molecule has 1 aromatic carbocycles. The number of anilines is 2. The van der Waals surface area contributed by atoms with Crippen molar-refractivity contribution >= 4 is 23.1 Å². The third kappa shape index (κ3) is 2.49. The SMILES string of the molecule is Cc1cc(Nc2ccc(C)c(Cl)c2)ncn1. The quantitative estimate of drug-likeness (QED) is 0.863. The smallest absolute Gasteiger partial charge is 0.133 e. The molecule has 0 unspecified atom stereocenters. The van der Waals surface area contributed by atoms with Gasteiger partial charge in [0.2, 0.25) is 0 Å². The van der Waals surface area contributed by atoms with E-state index in [0.29, 0.717) is 0 Å². The second kappa shape index (κ2) is 4.49. The second-order valence-corrected chi connectivity index (χ2v) is 4.04. The van der Waals surface area contributed by atoms with Crippen LogP contribution < -0.4 is 5.32 Å². The van der Waals surface area contributed by atoms with E-state index in [1.165, 1.54) is 6.33 Å². The minimum Gasteiger partial charge on any atom is -0.340 e. The van der Waals surface area contributed by atoms with Crippen molar-refractivity contribution in [2.24, 2.45) is 0 Å². The molecule has 3 nitrogen and oxygen atoms in total. The maximum Gasteiger partial charge on any atom is 0.133 e. The number of nitrogens with zero attached hydrogens (tertiary/aromatic N) is 2. The number of rotatable bonds is 2. The minimum absolute atomic E-state index is 0.746. The lowest BCUT2D eigenvalue weighted by Gasteiger charge is -2.07. The number of halogens is 1. The van der Waals surface area contributed by atoms with E-state index in [9.17, 15) is 0 Å². The van der Waals surface area contributed by atoms with Crippen molar-refractivity contribution in [1.82, 2.24) is 9.97 Å². The van der Waals surface area contributed by atoms with Gasteiger partial charge in [0.1, 0.15) is 12.1 Å². The zero-order chi connectivity index (χ0) is 11.5. The van der Waals surface area contributed by atoms with Gasteiger partial charge in [-0.3, -0.25) is 0 Å². The Labute approximate surface area is 99.5 Å². The van der Waals surface area contributed by atoms with E-state index in [0.717, 1.165) is 27.8 Å². The summed E-state index contributed by atoms with van der Waals surface area (Å²) in [6.07, 6.45) is 1.54. The van der Waals surface area contributed by atoms with Crippen molar-refractivity contribution in [2.75, 3.05) is 5.32 Å². The van der Waals surface area contributed by atoms with Gasteiger partial charge in [0.25, 0.3) is 0 Å². The molecule has 0 spiro atoms. The first-order valence-corrected chi connectivity index (χ1v) is 5.35. The predicted molar refractivity (Wildman–Crippen MR) is 66.2 cm³/mol. The van der Waals surface area contributed by atoms with Crippen LogP contribution in [0.5, 0.6) is 0 Å². The van der Waals surface area contributed by atoms with Crippen LogP contribution in [0.25, 0.3) is 0 Å². The normalized spacial score (nSPS) is 10.2. The summed E-state index contributed by atoms with van der Waals surface area (Å²) in [6, 6.07) is 7.71. The molecule has 0 aliphatic rings. The van der Waals surface area contributed by atoms with Gasteiger partial charge >= 0.3 is 0 Å². The fourth-order valence-electron chi connectivity index (χ4n) is 1.34. The van der Waals surface area contributed by atoms with Crippen LogP contribution in [0.4, 0.5) is 11.5 Å². The molecule has 1 heterocycles. The van der Waals surface area contributed by atoms with Crippen LogP contribution in [0.15, 0.2) is 30.6 Å². The lowest BCUT2D eigenvalue weighted by molar-refractivity contribution is 1.10. The maximum atomic E-state index is 6.04. The molecule has 1 N–H and O–H groups in total. The molecule has 16 heavy (non-hydrogen) atoms. The van der Waals surface area contributed by atoms with Gasteiger partial charge in [-0.2, -0.15) is 0 Å². The molecule has 4 heteroatoms. The first-order chi connectivity index (χ1) is 7.65. The number of aryl methyl sites for hydroxylation is 2. The summed E-state index contributed by atoms with van der Waals surface area (Å²) in [5.74, 6) is 0.771. The zero-order valence-electron chi connectivity index (χ0n) is 9.16. The van der Waals surface area contributed by atoms with Gasteiger partial charge in [0, 0.05) is 22.5 Å². The van der Waals surface area contributed by atoms with Gasteiger partial charge in [-0.25, -0.2) is 9.97 Å². The van der Waals surface area contributed by atoms with Gasteiger partial charge in [-0.15, -0.1) is 0 Å². The van der Waals surface area contributed by atoms with Gasteiger partial charge in [0.15, 0.2) is 0 Å². The van der Waals surface area contributed by atoms with Crippen LogP contribution in [-0.4, -0.2) is 9.97 Å². The summed E-state index contributed by atoms with van der Waals surface area (Å²) in [4.78, 5) is 8.16. The van der Waals surface area contributed by atoms with Crippen molar-refractivity contribution < 1.29 is 0 Å². The molecule has 0 saturated heterocycles. The largest absolute Gasteiger partial charge is 0.340 e. The first kappa shape index (κ1) is 10.9. The highest BCUT2D eigenvalue weighted by Crippen LogP contribution is 2.22. The van der Waals surface area contributed by atoms with E-state index in [1.807, 2.05) is 38.1 Å². The van der Waals surface area contributed by atoms with Gasteiger partial charge in [-0.05, 0) is 31.5 Å². The highest BCUT2D eigenvalue weighted by atomic mass is 35.5. The van der Waals surface area contributed by atoms with E-state index in [1.54, 1.807) is 0 Å². The summed E-state index contributed by atoms with van der Waals surface area (Å²) in [5, 5.41) is 3.92. The summed E-state index contributed by atoms with van der Waals surface area (Å²) in [6.45, 7) is 3.90. The van der Waals surface area contributed by atoms with E-state index in [4.69, 9.17) is 11.6 Å². The Morgan fingerprint density at radius 2 is 1.94 bits per heavy atom. The van der Waals surface area contributed by atoms with Crippen LogP contribution in [0.3, 0.4) is 0 Å². The molecule has 0 saturated carbocycles. The van der Waals surface area contributed by atoms with Crippen molar-refractivity contribution in [2.45, 2.75) is 13.8 Å². The molecule has 1 aromatic heterocycles. The molecular formula is C12H12ClN3. The number of hydrogen-bond donors (Lipinski definition) is 1. The third-order valence-corrected chi connectivity index (χ3v) is 2.66. The first-order valence-electron chi connectivity index (χ1n) is 4.97. The second-order valence-electron chi connectivity index (χ2n) is 3.63. The van der Waals surface area contributed by atoms with Crippen molar-refractivity contribution in [3.8, 4) is 0 Å². The average molecular weight is 234 g/mol. The van der Waals surface area contributed by atoms with Gasteiger partial charge in [-0.1, -0.05) is 17.7 Å². The summed E-state index contributed by atoms with van der Waals surface area (Å²) in [7, 11) is 0. The standard InChI is InChI=1S/C12H12ClN3/c1-8-3-4-10(6-11(8)13)16-12-5-9(2)14-7-15-12/h3-7H,1-2H3,(H,14,15,16). The lowest BCUT2D eigenvalue weighted by atomic mass is 10.2. The monoisotopic (exact) mass is 233 g/mol. The average Bonchev–Trinajstić information content (AvgIpc) is 2.24. The molecule has 0 atom stereocenters. The molecule has 0 aliphatic heterocycles. The Hall–Kier alpha value is -1.61. The number of aromatic nitrogens is 2. The molecule has 0 amide bonds. The molecule has 2 rings (SSSR count). The van der Waals surface area contributed by atoms with Crippen molar-refractivity contribution in [3.63, 3.8) is 0 Å². The fourth-order valence-corrected chi connectivity index (χ4v) is 1.52. The van der Waals surface area contributed by atoms with Gasteiger partial charge < -0.3 is 5.32 Å². The number of hydrogen-bond acceptors (Lipinski definition) is 3. The highest BCUT2D eigenvalue weighted by molar-refractivity contribution is 6.31. The van der Waals surface area contributed by atoms with E-state index in [2.05, 4.69) is 15.3 Å². The Morgan fingerprint density at radius 3 is 2.62 bits per heavy atom. The lowest BCUT2D eigenvalue weighted by Crippen LogP contribution is -1.95. The summed E-state index contributed by atoms with van der Waals surface area (Å²) >= 11 is 6.04. The molecule has 0 bridgehead atoms. The Kier molecular flexibility index (Phi) is 3.06. The number of nitrogens with one attached hydrogen (secondary N) is 1.